The van der Waals surface area contributed by atoms with Gasteiger partial charge in [-0.3, -0.25) is 4.79 Å². The Balaban J connectivity index is 1.76. The largest absolute Gasteiger partial charge is 0.422 e. The first-order valence-electron chi connectivity index (χ1n) is 9.60. The summed E-state index contributed by atoms with van der Waals surface area (Å²) in [5, 5.41) is 14.3. The molecule has 1 fully saturated rings. The first-order valence-corrected chi connectivity index (χ1v) is 9.60. The number of aromatic nitrogens is 2. The number of amides is 1. The minimum atomic E-state index is -0.333. The molecule has 7 heteroatoms. The zero-order chi connectivity index (χ0) is 19.8. The SMILES string of the molecule is CCn1nc(C)c2c1OC(N)=C(C#N)C2c1ccc(N2CCCCC2=O)cc1. The van der Waals surface area contributed by atoms with Crippen molar-refractivity contribution in [2.75, 3.05) is 11.4 Å². The van der Waals surface area contributed by atoms with Crippen molar-refractivity contribution >= 4 is 11.6 Å². The number of carbonyl (C=O) groups is 1. The molecular formula is C21H23N5O2. The Morgan fingerprint density at radius 1 is 1.32 bits per heavy atom. The standard InChI is InChI=1S/C21H23N5O2/c1-3-26-21-18(13(2)24-26)19(16(12-22)20(23)28-21)14-7-9-15(10-8-14)25-11-5-4-6-17(25)27/h7-10,19H,3-6,11,23H2,1-2H3. The van der Waals surface area contributed by atoms with Crippen LogP contribution in [-0.2, 0) is 11.3 Å². The molecule has 2 aliphatic heterocycles. The summed E-state index contributed by atoms with van der Waals surface area (Å²) in [6.45, 7) is 5.29. The maximum Gasteiger partial charge on any atom is 0.226 e. The van der Waals surface area contributed by atoms with Gasteiger partial charge < -0.3 is 15.4 Å². The molecule has 0 saturated carbocycles. The van der Waals surface area contributed by atoms with Gasteiger partial charge in [-0.1, -0.05) is 12.1 Å². The van der Waals surface area contributed by atoms with E-state index in [4.69, 9.17) is 10.5 Å². The Hall–Kier alpha value is -3.27. The molecule has 1 unspecified atom stereocenters. The van der Waals surface area contributed by atoms with E-state index in [1.807, 2.05) is 43.0 Å². The van der Waals surface area contributed by atoms with Gasteiger partial charge in [-0.25, -0.2) is 4.68 Å². The lowest BCUT2D eigenvalue weighted by molar-refractivity contribution is -0.119. The second-order valence-corrected chi connectivity index (χ2v) is 7.14. The van der Waals surface area contributed by atoms with Crippen LogP contribution in [0.5, 0.6) is 5.88 Å². The summed E-state index contributed by atoms with van der Waals surface area (Å²) in [5.74, 6) is 0.538. The van der Waals surface area contributed by atoms with E-state index in [9.17, 15) is 10.1 Å². The van der Waals surface area contributed by atoms with Gasteiger partial charge in [-0.15, -0.1) is 0 Å². The molecule has 3 heterocycles. The highest BCUT2D eigenvalue weighted by atomic mass is 16.5. The summed E-state index contributed by atoms with van der Waals surface area (Å²) < 4.78 is 7.51. The molecule has 7 nitrogen and oxygen atoms in total. The highest BCUT2D eigenvalue weighted by Gasteiger charge is 2.35. The third kappa shape index (κ3) is 2.82. The fourth-order valence-corrected chi connectivity index (χ4v) is 4.05. The van der Waals surface area contributed by atoms with Crippen molar-refractivity contribution in [3.8, 4) is 11.9 Å². The summed E-state index contributed by atoms with van der Waals surface area (Å²) in [6, 6.07) is 10.0. The second kappa shape index (κ2) is 7.04. The van der Waals surface area contributed by atoms with E-state index in [0.29, 0.717) is 24.4 Å². The Labute approximate surface area is 164 Å². The van der Waals surface area contributed by atoms with Crippen molar-refractivity contribution in [2.45, 2.75) is 45.6 Å². The molecule has 2 aliphatic rings. The predicted octanol–water partition coefficient (Wildman–Crippen LogP) is 2.95. The van der Waals surface area contributed by atoms with E-state index >= 15 is 0 Å². The molecular weight excluding hydrogens is 354 g/mol. The van der Waals surface area contributed by atoms with Crippen LogP contribution in [0.4, 0.5) is 5.69 Å². The summed E-state index contributed by atoms with van der Waals surface area (Å²) in [6.07, 6.45) is 2.57. The number of nitriles is 1. The number of rotatable bonds is 3. The Morgan fingerprint density at radius 2 is 2.07 bits per heavy atom. The first kappa shape index (κ1) is 18.1. The average Bonchev–Trinajstić information content (AvgIpc) is 3.02. The van der Waals surface area contributed by atoms with Crippen LogP contribution in [0, 0.1) is 18.3 Å². The molecule has 2 aromatic rings. The van der Waals surface area contributed by atoms with Crippen molar-refractivity contribution in [3.05, 3.63) is 52.5 Å². The minimum absolute atomic E-state index is 0.116. The van der Waals surface area contributed by atoms with E-state index < -0.39 is 0 Å². The molecule has 1 saturated heterocycles. The van der Waals surface area contributed by atoms with Crippen molar-refractivity contribution in [2.24, 2.45) is 5.73 Å². The molecule has 1 amide bonds. The first-order chi connectivity index (χ1) is 13.5. The van der Waals surface area contributed by atoms with Gasteiger partial charge in [0, 0.05) is 25.2 Å². The number of fused-ring (bicyclic) bond motifs is 1. The van der Waals surface area contributed by atoms with Crippen LogP contribution in [-0.4, -0.2) is 22.2 Å². The van der Waals surface area contributed by atoms with E-state index in [2.05, 4.69) is 11.2 Å². The molecule has 1 aromatic carbocycles. The highest BCUT2D eigenvalue weighted by Crippen LogP contribution is 2.44. The number of piperidine rings is 1. The Morgan fingerprint density at radius 3 is 2.71 bits per heavy atom. The number of nitrogens with two attached hydrogens (primary N) is 1. The fourth-order valence-electron chi connectivity index (χ4n) is 4.05. The van der Waals surface area contributed by atoms with E-state index in [1.165, 1.54) is 0 Å². The molecule has 0 radical (unpaired) electrons. The number of aryl methyl sites for hydroxylation is 2. The predicted molar refractivity (Wildman–Crippen MR) is 105 cm³/mol. The van der Waals surface area contributed by atoms with Crippen molar-refractivity contribution in [3.63, 3.8) is 0 Å². The maximum absolute atomic E-state index is 12.2. The fraction of sp³-hybridized carbons (Fsp3) is 0.381. The van der Waals surface area contributed by atoms with Gasteiger partial charge in [0.2, 0.25) is 17.7 Å². The molecule has 0 aliphatic carbocycles. The molecule has 1 aromatic heterocycles. The summed E-state index contributed by atoms with van der Waals surface area (Å²) >= 11 is 0. The maximum atomic E-state index is 12.2. The van der Waals surface area contributed by atoms with Crippen LogP contribution in [0.3, 0.4) is 0 Å². The number of anilines is 1. The number of allylic oxidation sites excluding steroid dienone is 1. The lowest BCUT2D eigenvalue weighted by atomic mass is 9.84. The molecule has 0 spiro atoms. The van der Waals surface area contributed by atoms with Crippen LogP contribution in [0.15, 0.2) is 35.7 Å². The van der Waals surface area contributed by atoms with Crippen LogP contribution < -0.4 is 15.4 Å². The molecule has 2 N–H and O–H groups in total. The molecule has 1 atom stereocenters. The van der Waals surface area contributed by atoms with E-state index in [0.717, 1.165) is 41.9 Å². The molecule has 4 rings (SSSR count). The lowest BCUT2D eigenvalue weighted by Gasteiger charge is -2.28. The van der Waals surface area contributed by atoms with Gasteiger partial charge in [0.1, 0.15) is 11.6 Å². The third-order valence-electron chi connectivity index (χ3n) is 5.46. The quantitative estimate of drug-likeness (QED) is 0.887. The Bertz CT molecular complexity index is 997. The van der Waals surface area contributed by atoms with Crippen LogP contribution in [0.2, 0.25) is 0 Å². The zero-order valence-corrected chi connectivity index (χ0v) is 16.1. The Kier molecular flexibility index (Phi) is 4.55. The zero-order valence-electron chi connectivity index (χ0n) is 16.1. The highest BCUT2D eigenvalue weighted by molar-refractivity contribution is 5.94. The molecule has 0 bridgehead atoms. The smallest absolute Gasteiger partial charge is 0.226 e. The van der Waals surface area contributed by atoms with Crippen LogP contribution >= 0.6 is 0 Å². The number of carbonyl (C=O) groups excluding carboxylic acids is 1. The topological polar surface area (TPSA) is 97.2 Å². The van der Waals surface area contributed by atoms with Gasteiger partial charge in [0.05, 0.1) is 17.2 Å². The average molecular weight is 377 g/mol. The monoisotopic (exact) mass is 377 g/mol. The lowest BCUT2D eigenvalue weighted by Crippen LogP contribution is -2.35. The van der Waals surface area contributed by atoms with Crippen molar-refractivity contribution < 1.29 is 9.53 Å². The number of hydrogen-bond acceptors (Lipinski definition) is 5. The third-order valence-corrected chi connectivity index (χ3v) is 5.46. The van der Waals surface area contributed by atoms with E-state index in [-0.39, 0.29) is 17.7 Å². The molecule has 28 heavy (non-hydrogen) atoms. The van der Waals surface area contributed by atoms with Crippen LogP contribution in [0.1, 0.15) is 48.9 Å². The van der Waals surface area contributed by atoms with Gasteiger partial charge in [-0.2, -0.15) is 10.4 Å². The van der Waals surface area contributed by atoms with Gasteiger partial charge in [0.25, 0.3) is 0 Å². The number of benzene rings is 1. The minimum Gasteiger partial charge on any atom is -0.422 e. The molecule has 144 valence electrons. The van der Waals surface area contributed by atoms with Gasteiger partial charge >= 0.3 is 0 Å². The summed E-state index contributed by atoms with van der Waals surface area (Å²) in [7, 11) is 0. The van der Waals surface area contributed by atoms with E-state index in [1.54, 1.807) is 4.68 Å². The van der Waals surface area contributed by atoms with Crippen molar-refractivity contribution in [1.82, 2.24) is 9.78 Å². The van der Waals surface area contributed by atoms with Gasteiger partial charge in [0.15, 0.2) is 0 Å². The van der Waals surface area contributed by atoms with Crippen LogP contribution in [0.25, 0.3) is 0 Å². The number of ether oxygens (including phenoxy) is 1. The number of nitrogens with zero attached hydrogens (tertiary/aromatic N) is 4. The normalized spacial score (nSPS) is 19.2. The van der Waals surface area contributed by atoms with Gasteiger partial charge in [-0.05, 0) is 44.4 Å². The summed E-state index contributed by atoms with van der Waals surface area (Å²) in [4.78, 5) is 14.0. The number of hydrogen-bond donors (Lipinski definition) is 1. The van der Waals surface area contributed by atoms with Crippen molar-refractivity contribution in [1.29, 1.82) is 5.26 Å². The summed E-state index contributed by atoms with van der Waals surface area (Å²) in [5.41, 5.74) is 9.95. The second-order valence-electron chi connectivity index (χ2n) is 7.14.